The highest BCUT2D eigenvalue weighted by Crippen LogP contribution is 2.24. The molecule has 2 N–H and O–H groups in total. The number of nitrogens with two attached hydrogens (primary N) is 1. The summed E-state index contributed by atoms with van der Waals surface area (Å²) >= 11 is 0. The van der Waals surface area contributed by atoms with E-state index in [1.807, 2.05) is 36.2 Å². The van der Waals surface area contributed by atoms with Gasteiger partial charge in [0.25, 0.3) is 5.91 Å². The lowest BCUT2D eigenvalue weighted by atomic mass is 10.1. The van der Waals surface area contributed by atoms with E-state index in [-0.39, 0.29) is 5.91 Å². The first-order valence-corrected chi connectivity index (χ1v) is 6.71. The van der Waals surface area contributed by atoms with Crippen molar-refractivity contribution in [2.75, 3.05) is 31.8 Å². The molecule has 0 aliphatic rings. The van der Waals surface area contributed by atoms with E-state index in [2.05, 4.69) is 4.98 Å². The van der Waals surface area contributed by atoms with Crippen LogP contribution in [0.4, 0.5) is 11.4 Å². The first-order chi connectivity index (χ1) is 9.99. The molecule has 0 aliphatic heterocycles. The van der Waals surface area contributed by atoms with Gasteiger partial charge in [0.05, 0.1) is 23.5 Å². The second-order valence-corrected chi connectivity index (χ2v) is 5.15. The molecule has 1 heterocycles. The molecule has 1 aromatic heterocycles. The van der Waals surface area contributed by atoms with E-state index >= 15 is 0 Å². The number of hydrogen-bond donors (Lipinski definition) is 1. The number of benzene rings is 1. The quantitative estimate of drug-likeness (QED) is 0.872. The number of rotatable bonds is 4. The van der Waals surface area contributed by atoms with Gasteiger partial charge >= 0.3 is 0 Å². The number of nitrogen functional groups attached to an aromatic ring is 1. The van der Waals surface area contributed by atoms with Gasteiger partial charge in [-0.05, 0) is 30.3 Å². The zero-order chi connectivity index (χ0) is 15.4. The Morgan fingerprint density at radius 2 is 1.95 bits per heavy atom. The number of nitrogens with zero attached hydrogens (tertiary/aromatic N) is 3. The minimum Gasteiger partial charge on any atom is -0.399 e. The van der Waals surface area contributed by atoms with Gasteiger partial charge in [0.15, 0.2) is 0 Å². The van der Waals surface area contributed by atoms with E-state index in [4.69, 9.17) is 5.73 Å². The van der Waals surface area contributed by atoms with Crippen LogP contribution < -0.4 is 10.6 Å². The molecule has 2 aromatic rings. The van der Waals surface area contributed by atoms with Crippen LogP contribution in [0.3, 0.4) is 0 Å². The maximum atomic E-state index is 12.3. The Kier molecular flexibility index (Phi) is 4.42. The third kappa shape index (κ3) is 3.51. The number of anilines is 2. The Hall–Kier alpha value is -2.56. The van der Waals surface area contributed by atoms with Crippen molar-refractivity contribution in [3.63, 3.8) is 0 Å². The highest BCUT2D eigenvalue weighted by atomic mass is 16.2. The largest absolute Gasteiger partial charge is 0.399 e. The topological polar surface area (TPSA) is 62.5 Å². The summed E-state index contributed by atoms with van der Waals surface area (Å²) in [7, 11) is 5.40. The minimum atomic E-state index is -0.0436. The van der Waals surface area contributed by atoms with E-state index in [1.165, 1.54) is 0 Å². The molecule has 5 nitrogen and oxygen atoms in total. The van der Waals surface area contributed by atoms with Crippen LogP contribution in [0.25, 0.3) is 0 Å². The number of carbonyl (C=O) groups excluding carboxylic acids is 1. The van der Waals surface area contributed by atoms with E-state index < -0.39 is 0 Å². The van der Waals surface area contributed by atoms with E-state index in [0.717, 1.165) is 11.4 Å². The number of hydrogen-bond acceptors (Lipinski definition) is 4. The second-order valence-electron chi connectivity index (χ2n) is 5.15. The summed E-state index contributed by atoms with van der Waals surface area (Å²) in [5.74, 6) is -0.0436. The molecule has 0 saturated heterocycles. The van der Waals surface area contributed by atoms with Crippen LogP contribution in [0.1, 0.15) is 16.1 Å². The Labute approximate surface area is 125 Å². The van der Waals surface area contributed by atoms with Gasteiger partial charge in [-0.15, -0.1) is 0 Å². The zero-order valence-electron chi connectivity index (χ0n) is 12.6. The molecule has 1 aromatic carbocycles. The summed E-state index contributed by atoms with van der Waals surface area (Å²) in [5, 5.41) is 0. The molecule has 0 saturated carbocycles. The van der Waals surface area contributed by atoms with Gasteiger partial charge < -0.3 is 15.5 Å². The van der Waals surface area contributed by atoms with Crippen molar-refractivity contribution in [3.05, 3.63) is 53.9 Å². The predicted molar refractivity (Wildman–Crippen MR) is 85.2 cm³/mol. The SMILES string of the molecule is CN(C)C(=O)c1ccc(N)cc1N(C)Cc1ccccn1. The molecule has 0 spiro atoms. The van der Waals surface area contributed by atoms with Gasteiger partial charge in [-0.25, -0.2) is 0 Å². The molecule has 0 fully saturated rings. The third-order valence-corrected chi connectivity index (χ3v) is 3.19. The van der Waals surface area contributed by atoms with Crippen LogP contribution in [0.2, 0.25) is 0 Å². The van der Waals surface area contributed by atoms with Crippen LogP contribution in [-0.4, -0.2) is 36.9 Å². The number of aromatic nitrogens is 1. The predicted octanol–water partition coefficient (Wildman–Crippen LogP) is 2.00. The molecule has 0 unspecified atom stereocenters. The van der Waals surface area contributed by atoms with Gasteiger partial charge in [-0.2, -0.15) is 0 Å². The van der Waals surface area contributed by atoms with Crippen LogP contribution in [0.15, 0.2) is 42.6 Å². The summed E-state index contributed by atoms with van der Waals surface area (Å²) in [5.41, 5.74) is 8.87. The maximum Gasteiger partial charge on any atom is 0.255 e. The average Bonchev–Trinajstić information content (AvgIpc) is 2.47. The van der Waals surface area contributed by atoms with E-state index in [9.17, 15) is 4.79 Å². The number of pyridine rings is 1. The molecule has 2 rings (SSSR count). The molecular weight excluding hydrogens is 264 g/mol. The van der Waals surface area contributed by atoms with E-state index in [0.29, 0.717) is 17.8 Å². The van der Waals surface area contributed by atoms with Crippen LogP contribution in [0.5, 0.6) is 0 Å². The van der Waals surface area contributed by atoms with Crippen LogP contribution in [0, 0.1) is 0 Å². The maximum absolute atomic E-state index is 12.3. The van der Waals surface area contributed by atoms with Crippen molar-refractivity contribution >= 4 is 17.3 Å². The summed E-state index contributed by atoms with van der Waals surface area (Å²) in [6.45, 7) is 0.609. The lowest BCUT2D eigenvalue weighted by Gasteiger charge is -2.23. The molecule has 0 atom stereocenters. The fourth-order valence-electron chi connectivity index (χ4n) is 2.11. The van der Waals surface area contributed by atoms with Crippen molar-refractivity contribution in [1.29, 1.82) is 0 Å². The van der Waals surface area contributed by atoms with Crippen molar-refractivity contribution in [2.45, 2.75) is 6.54 Å². The fourth-order valence-corrected chi connectivity index (χ4v) is 2.11. The Morgan fingerprint density at radius 3 is 2.57 bits per heavy atom. The normalized spacial score (nSPS) is 10.2. The molecule has 1 amide bonds. The highest BCUT2D eigenvalue weighted by Gasteiger charge is 2.16. The fraction of sp³-hybridized carbons (Fsp3) is 0.250. The molecule has 0 aliphatic carbocycles. The summed E-state index contributed by atoms with van der Waals surface area (Å²) in [6.07, 6.45) is 1.76. The Bertz CT molecular complexity index is 625. The molecular formula is C16H20N4O. The monoisotopic (exact) mass is 284 g/mol. The van der Waals surface area contributed by atoms with E-state index in [1.54, 1.807) is 37.3 Å². The van der Waals surface area contributed by atoms with Gasteiger partial charge in [-0.3, -0.25) is 9.78 Å². The van der Waals surface area contributed by atoms with Crippen molar-refractivity contribution < 1.29 is 4.79 Å². The summed E-state index contributed by atoms with van der Waals surface area (Å²) in [6, 6.07) is 11.1. The smallest absolute Gasteiger partial charge is 0.255 e. The van der Waals surface area contributed by atoms with Gasteiger partial charge in [0, 0.05) is 33.0 Å². The standard InChI is InChI=1S/C16H20N4O/c1-19(2)16(21)14-8-7-12(17)10-15(14)20(3)11-13-6-4-5-9-18-13/h4-10H,11,17H2,1-3H3. The molecule has 5 heteroatoms. The summed E-state index contributed by atoms with van der Waals surface area (Å²) < 4.78 is 0. The lowest BCUT2D eigenvalue weighted by molar-refractivity contribution is 0.0828. The summed E-state index contributed by atoms with van der Waals surface area (Å²) in [4.78, 5) is 20.1. The second kappa shape index (κ2) is 6.26. The molecule has 0 bridgehead atoms. The number of amides is 1. The van der Waals surface area contributed by atoms with Gasteiger partial charge in [0.1, 0.15) is 0 Å². The first kappa shape index (κ1) is 14.8. The molecule has 0 radical (unpaired) electrons. The number of carbonyl (C=O) groups is 1. The highest BCUT2D eigenvalue weighted by molar-refractivity contribution is 6.00. The Balaban J connectivity index is 2.33. The first-order valence-electron chi connectivity index (χ1n) is 6.71. The zero-order valence-corrected chi connectivity index (χ0v) is 12.6. The average molecular weight is 284 g/mol. The molecule has 110 valence electrons. The van der Waals surface area contributed by atoms with Crippen LogP contribution in [-0.2, 0) is 6.54 Å². The lowest BCUT2D eigenvalue weighted by Crippen LogP contribution is -2.26. The third-order valence-electron chi connectivity index (χ3n) is 3.19. The van der Waals surface area contributed by atoms with Gasteiger partial charge in [-0.1, -0.05) is 6.07 Å². The Morgan fingerprint density at radius 1 is 1.19 bits per heavy atom. The minimum absolute atomic E-state index is 0.0436. The molecule has 21 heavy (non-hydrogen) atoms. The van der Waals surface area contributed by atoms with Gasteiger partial charge in [0.2, 0.25) is 0 Å². The van der Waals surface area contributed by atoms with Crippen molar-refractivity contribution in [2.24, 2.45) is 0 Å². The van der Waals surface area contributed by atoms with Crippen molar-refractivity contribution in [3.8, 4) is 0 Å². The van der Waals surface area contributed by atoms with Crippen LogP contribution >= 0.6 is 0 Å². The van der Waals surface area contributed by atoms with Crippen molar-refractivity contribution in [1.82, 2.24) is 9.88 Å².